The molecule has 0 fully saturated rings. The molecule has 3 heteroatoms. The predicted molar refractivity (Wildman–Crippen MR) is 60.6 cm³/mol. The van der Waals surface area contributed by atoms with Crippen LogP contribution in [0.3, 0.4) is 0 Å². The third-order valence-electron chi connectivity index (χ3n) is 2.28. The number of nitrogens with one attached hydrogen (secondary N) is 1. The van der Waals surface area contributed by atoms with E-state index in [1.54, 1.807) is 0 Å². The summed E-state index contributed by atoms with van der Waals surface area (Å²) >= 11 is 0. The number of pyridine rings is 1. The van der Waals surface area contributed by atoms with Gasteiger partial charge in [-0.2, -0.15) is 0 Å². The Bertz CT molecular complexity index is 252. The second-order valence-electron chi connectivity index (χ2n) is 3.23. The average Bonchev–Trinajstić information content (AvgIpc) is 2.23. The first-order valence-electron chi connectivity index (χ1n) is 5.16. The van der Waals surface area contributed by atoms with Gasteiger partial charge in [-0.15, -0.1) is 0 Å². The highest BCUT2D eigenvalue weighted by Gasteiger charge is 2.01. The van der Waals surface area contributed by atoms with Gasteiger partial charge in [0.2, 0.25) is 0 Å². The monoisotopic (exact) mass is 193 g/mol. The van der Waals surface area contributed by atoms with E-state index < -0.39 is 0 Å². The Kier molecular flexibility index (Phi) is 4.40. The van der Waals surface area contributed by atoms with E-state index in [2.05, 4.69) is 41.2 Å². The molecule has 3 nitrogen and oxygen atoms in total. The summed E-state index contributed by atoms with van der Waals surface area (Å²) in [6.07, 6.45) is 1.93. The van der Waals surface area contributed by atoms with Gasteiger partial charge in [-0.3, -0.25) is 0 Å². The summed E-state index contributed by atoms with van der Waals surface area (Å²) in [5.74, 6) is 1.06. The number of rotatable bonds is 5. The lowest BCUT2D eigenvalue weighted by molar-refractivity contribution is 0.805. The zero-order valence-electron chi connectivity index (χ0n) is 9.25. The van der Waals surface area contributed by atoms with E-state index >= 15 is 0 Å². The van der Waals surface area contributed by atoms with Crippen molar-refractivity contribution in [2.75, 3.05) is 25.0 Å². The third-order valence-corrected chi connectivity index (χ3v) is 2.28. The number of anilines is 1. The number of aromatic nitrogens is 1. The van der Waals surface area contributed by atoms with Crippen LogP contribution in [0.15, 0.2) is 18.3 Å². The molecule has 1 heterocycles. The Labute approximate surface area is 86.2 Å². The minimum absolute atomic E-state index is 0.880. The topological polar surface area (TPSA) is 28.2 Å². The van der Waals surface area contributed by atoms with Gasteiger partial charge in [-0.05, 0) is 32.5 Å². The molecule has 0 unspecified atom stereocenters. The van der Waals surface area contributed by atoms with E-state index in [1.807, 2.05) is 13.2 Å². The maximum absolute atomic E-state index is 4.43. The van der Waals surface area contributed by atoms with E-state index in [9.17, 15) is 0 Å². The molecule has 14 heavy (non-hydrogen) atoms. The minimum atomic E-state index is 0.880. The van der Waals surface area contributed by atoms with Gasteiger partial charge in [0.1, 0.15) is 5.82 Å². The van der Waals surface area contributed by atoms with Crippen LogP contribution in [0.5, 0.6) is 0 Å². The zero-order chi connectivity index (χ0) is 10.4. The van der Waals surface area contributed by atoms with Crippen LogP contribution in [0, 0.1) is 0 Å². The van der Waals surface area contributed by atoms with Crippen LogP contribution >= 0.6 is 0 Å². The maximum Gasteiger partial charge on any atom is 0.128 e. The minimum Gasteiger partial charge on any atom is -0.357 e. The molecule has 0 aromatic carbocycles. The first kappa shape index (κ1) is 11.0. The van der Waals surface area contributed by atoms with Crippen LogP contribution in [0.4, 0.5) is 5.82 Å². The number of nitrogens with zero attached hydrogens (tertiary/aromatic N) is 2. The molecule has 1 rings (SSSR count). The smallest absolute Gasteiger partial charge is 0.128 e. The lowest BCUT2D eigenvalue weighted by Gasteiger charge is -2.19. The van der Waals surface area contributed by atoms with Crippen LogP contribution in [-0.2, 0) is 6.54 Å². The van der Waals surface area contributed by atoms with Crippen molar-refractivity contribution < 1.29 is 0 Å². The van der Waals surface area contributed by atoms with Crippen molar-refractivity contribution in [2.24, 2.45) is 0 Å². The van der Waals surface area contributed by atoms with Crippen molar-refractivity contribution in [2.45, 2.75) is 20.4 Å². The molecule has 0 radical (unpaired) electrons. The second-order valence-corrected chi connectivity index (χ2v) is 3.23. The summed E-state index contributed by atoms with van der Waals surface area (Å²) in [5, 5.41) is 3.11. The maximum atomic E-state index is 4.43. The van der Waals surface area contributed by atoms with Crippen LogP contribution in [0.25, 0.3) is 0 Å². The zero-order valence-corrected chi connectivity index (χ0v) is 9.25. The predicted octanol–water partition coefficient (Wildman–Crippen LogP) is 1.65. The van der Waals surface area contributed by atoms with Crippen LogP contribution in [-0.4, -0.2) is 25.1 Å². The average molecular weight is 193 g/mol. The van der Waals surface area contributed by atoms with Crippen LogP contribution in [0.1, 0.15) is 19.4 Å². The van der Waals surface area contributed by atoms with E-state index in [0.29, 0.717) is 0 Å². The van der Waals surface area contributed by atoms with E-state index in [0.717, 1.165) is 25.5 Å². The molecule has 0 aliphatic carbocycles. The van der Waals surface area contributed by atoms with Crippen molar-refractivity contribution in [3.63, 3.8) is 0 Å². The molecule has 0 bridgehead atoms. The van der Waals surface area contributed by atoms with Crippen LogP contribution in [0.2, 0.25) is 0 Å². The molecule has 0 spiro atoms. The molecule has 0 amide bonds. The Morgan fingerprint density at radius 2 is 2.00 bits per heavy atom. The van der Waals surface area contributed by atoms with Gasteiger partial charge in [0, 0.05) is 25.8 Å². The first-order chi connectivity index (χ1) is 6.81. The quantitative estimate of drug-likeness (QED) is 0.770. The lowest BCUT2D eigenvalue weighted by Crippen LogP contribution is -2.22. The Morgan fingerprint density at radius 3 is 2.43 bits per heavy atom. The molecule has 1 aromatic heterocycles. The fourth-order valence-corrected chi connectivity index (χ4v) is 1.46. The number of hydrogen-bond acceptors (Lipinski definition) is 3. The molecule has 1 N–H and O–H groups in total. The molecule has 0 atom stereocenters. The lowest BCUT2D eigenvalue weighted by atomic mass is 10.3. The SMILES string of the molecule is CCN(CC)c1ccc(CNC)cn1. The van der Waals surface area contributed by atoms with E-state index in [-0.39, 0.29) is 0 Å². The van der Waals surface area contributed by atoms with Crippen LogP contribution < -0.4 is 10.2 Å². The van der Waals surface area contributed by atoms with Crippen molar-refractivity contribution in [1.82, 2.24) is 10.3 Å². The molecule has 0 saturated carbocycles. The van der Waals surface area contributed by atoms with Gasteiger partial charge in [0.25, 0.3) is 0 Å². The third kappa shape index (κ3) is 2.70. The van der Waals surface area contributed by atoms with E-state index in [4.69, 9.17) is 0 Å². The molecular weight excluding hydrogens is 174 g/mol. The van der Waals surface area contributed by atoms with Crippen molar-refractivity contribution in [3.8, 4) is 0 Å². The molecular formula is C11H19N3. The summed E-state index contributed by atoms with van der Waals surface area (Å²) in [5.41, 5.74) is 1.23. The molecule has 0 aliphatic rings. The van der Waals surface area contributed by atoms with Crippen molar-refractivity contribution in [1.29, 1.82) is 0 Å². The molecule has 0 aliphatic heterocycles. The Balaban J connectivity index is 2.71. The standard InChI is InChI=1S/C11H19N3/c1-4-14(5-2)11-7-6-10(8-12-3)9-13-11/h6-7,9,12H,4-5,8H2,1-3H3. The van der Waals surface area contributed by atoms with Gasteiger partial charge in [-0.1, -0.05) is 6.07 Å². The Hall–Kier alpha value is -1.09. The Morgan fingerprint density at radius 1 is 1.29 bits per heavy atom. The summed E-state index contributed by atoms with van der Waals surface area (Å²) in [7, 11) is 1.94. The second kappa shape index (κ2) is 5.60. The fourth-order valence-electron chi connectivity index (χ4n) is 1.46. The van der Waals surface area contributed by atoms with Gasteiger partial charge in [0.15, 0.2) is 0 Å². The van der Waals surface area contributed by atoms with Gasteiger partial charge in [-0.25, -0.2) is 4.98 Å². The van der Waals surface area contributed by atoms with E-state index in [1.165, 1.54) is 5.56 Å². The highest BCUT2D eigenvalue weighted by molar-refractivity contribution is 5.38. The van der Waals surface area contributed by atoms with Crippen molar-refractivity contribution >= 4 is 5.82 Å². The highest BCUT2D eigenvalue weighted by Crippen LogP contribution is 2.10. The highest BCUT2D eigenvalue weighted by atomic mass is 15.2. The summed E-state index contributed by atoms with van der Waals surface area (Å²) in [4.78, 5) is 6.66. The summed E-state index contributed by atoms with van der Waals surface area (Å²) < 4.78 is 0. The van der Waals surface area contributed by atoms with Crippen molar-refractivity contribution in [3.05, 3.63) is 23.9 Å². The molecule has 78 valence electrons. The summed E-state index contributed by atoms with van der Waals surface area (Å²) in [6, 6.07) is 4.21. The largest absolute Gasteiger partial charge is 0.357 e. The van der Waals surface area contributed by atoms with Gasteiger partial charge < -0.3 is 10.2 Å². The molecule has 0 saturated heterocycles. The van der Waals surface area contributed by atoms with Gasteiger partial charge in [0.05, 0.1) is 0 Å². The fraction of sp³-hybridized carbons (Fsp3) is 0.545. The first-order valence-corrected chi connectivity index (χ1v) is 5.16. The van der Waals surface area contributed by atoms with Gasteiger partial charge >= 0.3 is 0 Å². The molecule has 1 aromatic rings. The summed E-state index contributed by atoms with van der Waals surface area (Å²) in [6.45, 7) is 7.19. The number of hydrogen-bond donors (Lipinski definition) is 1. The normalized spacial score (nSPS) is 10.2.